The Balaban J connectivity index is 1.63. The van der Waals surface area contributed by atoms with E-state index >= 15 is 0 Å². The minimum Gasteiger partial charge on any atom is -0.451 e. The van der Waals surface area contributed by atoms with E-state index in [4.69, 9.17) is 4.42 Å². The molecule has 0 atom stereocenters. The number of hydrogen-bond donors (Lipinski definition) is 1. The van der Waals surface area contributed by atoms with E-state index in [1.165, 1.54) is 11.3 Å². The number of halogens is 1. The lowest BCUT2D eigenvalue weighted by molar-refractivity contribution is 0.0998. The van der Waals surface area contributed by atoms with Gasteiger partial charge in [0.25, 0.3) is 5.91 Å². The molecule has 130 valence electrons. The maximum Gasteiger partial charge on any atom is 0.293 e. The van der Waals surface area contributed by atoms with Gasteiger partial charge in [-0.25, -0.2) is 4.98 Å². The minimum atomic E-state index is -0.283. The maximum absolute atomic E-state index is 12.7. The monoisotopic (exact) mass is 426 g/mol. The number of nitrogens with zero attached hydrogens (tertiary/aromatic N) is 1. The first-order chi connectivity index (χ1) is 12.5. The zero-order valence-electron chi connectivity index (χ0n) is 14.2. The van der Waals surface area contributed by atoms with E-state index in [2.05, 4.69) is 26.2 Å². The molecule has 4 nitrogen and oxygen atoms in total. The van der Waals surface area contributed by atoms with Crippen molar-refractivity contribution in [1.29, 1.82) is 0 Å². The van der Waals surface area contributed by atoms with E-state index in [-0.39, 0.29) is 5.91 Å². The number of carbonyl (C=O) groups excluding carboxylic acids is 1. The normalized spacial score (nSPS) is 11.0. The van der Waals surface area contributed by atoms with E-state index in [1.54, 1.807) is 0 Å². The fourth-order valence-electron chi connectivity index (χ4n) is 2.87. The molecular formula is C20H15BrN2O2S. The molecule has 26 heavy (non-hydrogen) atoms. The van der Waals surface area contributed by atoms with Gasteiger partial charge in [0.1, 0.15) is 5.58 Å². The first-order valence-electron chi connectivity index (χ1n) is 8.06. The summed E-state index contributed by atoms with van der Waals surface area (Å²) in [5, 5.41) is 4.38. The van der Waals surface area contributed by atoms with Gasteiger partial charge in [0.05, 0.1) is 5.69 Å². The molecule has 0 aliphatic rings. The zero-order chi connectivity index (χ0) is 18.3. The molecule has 0 aliphatic heterocycles. The predicted octanol–water partition coefficient (Wildman–Crippen LogP) is 6.19. The fourth-order valence-corrected chi connectivity index (χ4v) is 3.97. The molecule has 0 bridgehead atoms. The van der Waals surface area contributed by atoms with E-state index in [9.17, 15) is 4.79 Å². The Kier molecular flexibility index (Phi) is 4.38. The predicted molar refractivity (Wildman–Crippen MR) is 109 cm³/mol. The molecule has 0 saturated carbocycles. The number of rotatable bonds is 3. The van der Waals surface area contributed by atoms with Crippen LogP contribution in [0.15, 0.2) is 57.4 Å². The molecule has 1 amide bonds. The molecule has 2 aromatic carbocycles. The van der Waals surface area contributed by atoms with Crippen molar-refractivity contribution in [1.82, 2.24) is 4.98 Å². The maximum atomic E-state index is 12.7. The number of carbonyl (C=O) groups is 1. The Morgan fingerprint density at radius 3 is 2.58 bits per heavy atom. The first-order valence-corrected chi connectivity index (χ1v) is 9.67. The molecule has 1 N–H and O–H groups in total. The average molecular weight is 427 g/mol. The van der Waals surface area contributed by atoms with Crippen LogP contribution < -0.4 is 5.32 Å². The van der Waals surface area contributed by atoms with Gasteiger partial charge in [-0.2, -0.15) is 0 Å². The molecule has 0 spiro atoms. The van der Waals surface area contributed by atoms with Gasteiger partial charge in [0, 0.05) is 25.9 Å². The van der Waals surface area contributed by atoms with Gasteiger partial charge in [-0.05, 0) is 32.0 Å². The number of furan rings is 1. The molecule has 4 aromatic rings. The quantitative estimate of drug-likeness (QED) is 0.424. The van der Waals surface area contributed by atoms with Crippen LogP contribution in [-0.4, -0.2) is 10.9 Å². The van der Waals surface area contributed by atoms with E-state index in [0.717, 1.165) is 31.6 Å². The highest BCUT2D eigenvalue weighted by Crippen LogP contribution is 2.32. The molecule has 0 aliphatic carbocycles. The third kappa shape index (κ3) is 3.06. The summed E-state index contributed by atoms with van der Waals surface area (Å²) in [5.41, 5.74) is 3.43. The van der Waals surface area contributed by atoms with Gasteiger partial charge in [-0.3, -0.25) is 10.1 Å². The summed E-state index contributed by atoms with van der Waals surface area (Å²) in [6.07, 6.45) is 0. The minimum absolute atomic E-state index is 0.283. The van der Waals surface area contributed by atoms with Crippen molar-refractivity contribution < 1.29 is 9.21 Å². The molecule has 0 fully saturated rings. The Morgan fingerprint density at radius 2 is 1.85 bits per heavy atom. The van der Waals surface area contributed by atoms with Crippen molar-refractivity contribution in [3.05, 3.63) is 69.2 Å². The molecule has 6 heteroatoms. The SMILES string of the molecule is Cc1sc(NC(=O)c2oc3ccccc3c2C)nc1-c1ccc(Br)cc1. The standard InChI is InChI=1S/C20H15BrN2O2S/c1-11-15-5-3-4-6-16(15)25-18(11)19(24)23-20-22-17(12(2)26-20)13-7-9-14(21)10-8-13/h3-10H,1-2H3,(H,22,23,24). The third-order valence-corrected chi connectivity index (χ3v) is 5.60. The molecule has 0 unspecified atom stereocenters. The number of benzene rings is 2. The van der Waals surface area contributed by atoms with E-state index in [1.807, 2.05) is 62.4 Å². The molecule has 2 aromatic heterocycles. The van der Waals surface area contributed by atoms with Gasteiger partial charge >= 0.3 is 0 Å². The molecule has 0 saturated heterocycles. The lowest BCUT2D eigenvalue weighted by Crippen LogP contribution is -2.11. The Morgan fingerprint density at radius 1 is 1.12 bits per heavy atom. The number of para-hydroxylation sites is 1. The number of hydrogen-bond acceptors (Lipinski definition) is 4. The van der Waals surface area contributed by atoms with Gasteiger partial charge in [-0.15, -0.1) is 11.3 Å². The van der Waals surface area contributed by atoms with Crippen LogP contribution in [-0.2, 0) is 0 Å². The van der Waals surface area contributed by atoms with Gasteiger partial charge < -0.3 is 4.42 Å². The number of aryl methyl sites for hydroxylation is 2. The van der Waals surface area contributed by atoms with Crippen LogP contribution in [0, 0.1) is 13.8 Å². The molecule has 2 heterocycles. The van der Waals surface area contributed by atoms with Crippen LogP contribution in [0.3, 0.4) is 0 Å². The van der Waals surface area contributed by atoms with Gasteiger partial charge in [-0.1, -0.05) is 46.3 Å². The molecular weight excluding hydrogens is 412 g/mol. The highest BCUT2D eigenvalue weighted by Gasteiger charge is 2.19. The van der Waals surface area contributed by atoms with Crippen LogP contribution in [0.1, 0.15) is 21.0 Å². The van der Waals surface area contributed by atoms with Crippen LogP contribution in [0.5, 0.6) is 0 Å². The summed E-state index contributed by atoms with van der Waals surface area (Å²) in [6, 6.07) is 15.6. The smallest absolute Gasteiger partial charge is 0.293 e. The lowest BCUT2D eigenvalue weighted by Gasteiger charge is -2.00. The van der Waals surface area contributed by atoms with Crippen LogP contribution in [0.25, 0.3) is 22.2 Å². The largest absolute Gasteiger partial charge is 0.451 e. The summed E-state index contributed by atoms with van der Waals surface area (Å²) in [7, 11) is 0. The van der Waals surface area contributed by atoms with E-state index in [0.29, 0.717) is 16.5 Å². The highest BCUT2D eigenvalue weighted by atomic mass is 79.9. The Labute approximate surface area is 163 Å². The molecule has 4 rings (SSSR count). The van der Waals surface area contributed by atoms with Crippen molar-refractivity contribution in [3.63, 3.8) is 0 Å². The summed E-state index contributed by atoms with van der Waals surface area (Å²) in [4.78, 5) is 18.3. The van der Waals surface area contributed by atoms with Crippen molar-refractivity contribution in [2.45, 2.75) is 13.8 Å². The van der Waals surface area contributed by atoms with Crippen LogP contribution >= 0.6 is 27.3 Å². The Bertz CT molecular complexity index is 1110. The number of anilines is 1. The second-order valence-corrected chi connectivity index (χ2v) is 8.06. The Hall–Kier alpha value is -2.44. The second kappa shape index (κ2) is 6.70. The zero-order valence-corrected chi connectivity index (χ0v) is 16.6. The number of aromatic nitrogens is 1. The summed E-state index contributed by atoms with van der Waals surface area (Å²) in [6.45, 7) is 3.89. The number of nitrogens with one attached hydrogen (secondary N) is 1. The number of fused-ring (bicyclic) bond motifs is 1. The van der Waals surface area contributed by atoms with Crippen molar-refractivity contribution in [3.8, 4) is 11.3 Å². The first kappa shape index (κ1) is 17.0. The van der Waals surface area contributed by atoms with Crippen molar-refractivity contribution in [2.75, 3.05) is 5.32 Å². The summed E-state index contributed by atoms with van der Waals surface area (Å²) < 4.78 is 6.74. The second-order valence-electron chi connectivity index (χ2n) is 5.94. The lowest BCUT2D eigenvalue weighted by atomic mass is 10.1. The van der Waals surface area contributed by atoms with Gasteiger partial charge in [0.2, 0.25) is 0 Å². The highest BCUT2D eigenvalue weighted by molar-refractivity contribution is 9.10. The average Bonchev–Trinajstić information content (AvgIpc) is 3.16. The summed E-state index contributed by atoms with van der Waals surface area (Å²) >= 11 is 4.89. The third-order valence-electron chi connectivity index (χ3n) is 4.18. The van der Waals surface area contributed by atoms with E-state index < -0.39 is 0 Å². The van der Waals surface area contributed by atoms with Gasteiger partial charge in [0.15, 0.2) is 10.9 Å². The topological polar surface area (TPSA) is 55.1 Å². The van der Waals surface area contributed by atoms with Crippen molar-refractivity contribution >= 4 is 49.3 Å². The van der Waals surface area contributed by atoms with Crippen LogP contribution in [0.4, 0.5) is 5.13 Å². The summed E-state index contributed by atoms with van der Waals surface area (Å²) in [5.74, 6) is 0.0408. The van der Waals surface area contributed by atoms with Crippen molar-refractivity contribution in [2.24, 2.45) is 0 Å². The number of thiazole rings is 1. The molecule has 0 radical (unpaired) electrons. The van der Waals surface area contributed by atoms with Crippen LogP contribution in [0.2, 0.25) is 0 Å². The fraction of sp³-hybridized carbons (Fsp3) is 0.100. The number of amides is 1.